The molecular weight excluding hydrogens is 995 g/mol. The van der Waals surface area contributed by atoms with Crippen molar-refractivity contribution in [3.8, 4) is 0 Å². The van der Waals surface area contributed by atoms with E-state index in [0.717, 1.165) is 51.4 Å². The number of aliphatic hydroxyl groups is 2. The molecule has 0 aliphatic carbocycles. The number of rotatable bonds is 69. The van der Waals surface area contributed by atoms with Crippen LogP contribution in [-0.2, 0) is 14.3 Å². The number of hydrogen-bond donors (Lipinski definition) is 3. The summed E-state index contributed by atoms with van der Waals surface area (Å²) in [5, 5.41) is 23.3. The summed E-state index contributed by atoms with van der Waals surface area (Å²) in [6, 6.07) is -0.627. The average Bonchev–Trinajstić information content (AvgIpc) is 3.47. The van der Waals surface area contributed by atoms with Gasteiger partial charge in [-0.1, -0.05) is 365 Å². The molecule has 0 aromatic rings. The first-order valence-electron chi connectivity index (χ1n) is 36.8. The second-order valence-corrected chi connectivity index (χ2v) is 25.3. The summed E-state index contributed by atoms with van der Waals surface area (Å²) in [5.74, 6) is -0.0519. The highest BCUT2D eigenvalue weighted by Gasteiger charge is 2.18. The Balaban J connectivity index is 3.38. The van der Waals surface area contributed by atoms with E-state index in [1.165, 1.54) is 327 Å². The molecule has 0 spiro atoms. The van der Waals surface area contributed by atoms with Crippen LogP contribution in [0.25, 0.3) is 0 Å². The molecular formula is C75H143NO5. The Hall–Kier alpha value is -1.92. The fraction of sp³-hybridized carbons (Fsp3) is 0.893. The van der Waals surface area contributed by atoms with Gasteiger partial charge in [0.15, 0.2) is 0 Å². The van der Waals surface area contributed by atoms with Crippen molar-refractivity contribution in [1.29, 1.82) is 0 Å². The molecule has 0 aromatic heterocycles. The minimum atomic E-state index is -0.844. The van der Waals surface area contributed by atoms with E-state index >= 15 is 0 Å². The Bertz CT molecular complexity index is 1310. The third kappa shape index (κ3) is 67.1. The quantitative estimate of drug-likeness (QED) is 0.0320. The first kappa shape index (κ1) is 79.1. The summed E-state index contributed by atoms with van der Waals surface area (Å²) in [5.41, 5.74) is 0. The van der Waals surface area contributed by atoms with Gasteiger partial charge in [-0.25, -0.2) is 0 Å². The summed E-state index contributed by atoms with van der Waals surface area (Å²) in [7, 11) is 0. The third-order valence-electron chi connectivity index (χ3n) is 17.2. The monoisotopic (exact) mass is 1140 g/mol. The van der Waals surface area contributed by atoms with Crippen molar-refractivity contribution in [2.75, 3.05) is 13.2 Å². The second-order valence-electron chi connectivity index (χ2n) is 25.3. The van der Waals surface area contributed by atoms with E-state index in [-0.39, 0.29) is 18.5 Å². The molecule has 0 radical (unpaired) electrons. The van der Waals surface area contributed by atoms with Crippen molar-refractivity contribution < 1.29 is 24.5 Å². The summed E-state index contributed by atoms with van der Waals surface area (Å²) in [6.07, 6.45) is 90.9. The van der Waals surface area contributed by atoms with Crippen molar-refractivity contribution in [3.63, 3.8) is 0 Å². The first-order valence-corrected chi connectivity index (χ1v) is 36.8. The number of aliphatic hydroxyl groups excluding tert-OH is 2. The van der Waals surface area contributed by atoms with Crippen molar-refractivity contribution in [2.24, 2.45) is 0 Å². The van der Waals surface area contributed by atoms with Crippen molar-refractivity contribution in [3.05, 3.63) is 36.5 Å². The number of nitrogens with one attached hydrogen (secondary N) is 1. The van der Waals surface area contributed by atoms with Gasteiger partial charge >= 0.3 is 5.97 Å². The van der Waals surface area contributed by atoms with E-state index in [2.05, 4.69) is 43.5 Å². The molecule has 0 saturated carbocycles. The van der Waals surface area contributed by atoms with E-state index in [9.17, 15) is 19.8 Å². The van der Waals surface area contributed by atoms with E-state index in [4.69, 9.17) is 4.74 Å². The van der Waals surface area contributed by atoms with Crippen LogP contribution in [0.4, 0.5) is 0 Å². The average molecular weight is 1140 g/mol. The number of hydrogen-bond acceptors (Lipinski definition) is 5. The molecule has 0 aliphatic rings. The van der Waals surface area contributed by atoms with Gasteiger partial charge in [-0.2, -0.15) is 0 Å². The van der Waals surface area contributed by atoms with Gasteiger partial charge in [-0.3, -0.25) is 9.59 Å². The number of ether oxygens (including phenoxy) is 1. The van der Waals surface area contributed by atoms with E-state index in [1.807, 2.05) is 6.08 Å². The Morgan fingerprint density at radius 2 is 0.617 bits per heavy atom. The normalized spacial score (nSPS) is 12.7. The molecule has 3 N–H and O–H groups in total. The lowest BCUT2D eigenvalue weighted by Crippen LogP contribution is -2.45. The van der Waals surface area contributed by atoms with Gasteiger partial charge in [0.05, 0.1) is 25.4 Å². The maximum Gasteiger partial charge on any atom is 0.305 e. The summed E-state index contributed by atoms with van der Waals surface area (Å²) < 4.78 is 5.50. The van der Waals surface area contributed by atoms with E-state index < -0.39 is 12.1 Å². The third-order valence-corrected chi connectivity index (χ3v) is 17.2. The van der Waals surface area contributed by atoms with E-state index in [1.54, 1.807) is 6.08 Å². The van der Waals surface area contributed by atoms with Crippen LogP contribution in [-0.4, -0.2) is 47.4 Å². The fourth-order valence-corrected chi connectivity index (χ4v) is 11.6. The van der Waals surface area contributed by atoms with Crippen molar-refractivity contribution in [2.45, 2.75) is 418 Å². The molecule has 0 rings (SSSR count). The number of amides is 1. The molecule has 0 aromatic carbocycles. The molecule has 0 aliphatic heterocycles. The Kier molecular flexibility index (Phi) is 68.9. The van der Waals surface area contributed by atoms with Crippen LogP contribution in [0.15, 0.2) is 36.5 Å². The van der Waals surface area contributed by atoms with Gasteiger partial charge in [0, 0.05) is 12.8 Å². The second kappa shape index (κ2) is 70.6. The van der Waals surface area contributed by atoms with Crippen LogP contribution in [0.3, 0.4) is 0 Å². The maximum absolute atomic E-state index is 12.5. The molecule has 2 unspecified atom stereocenters. The standard InChI is InChI=1S/C75H143NO5/c1-3-5-7-9-11-13-15-17-19-21-23-32-35-39-43-47-51-55-59-63-67-73(78)72(71-77)76-74(79)68-64-60-56-52-48-44-40-36-33-30-28-26-24-25-27-29-31-34-38-42-46-50-54-58-62-66-70-81-75(80)69-65-61-57-53-49-45-41-37-22-20-18-16-14-12-10-8-6-4-2/h14,16,20,22,63,67,72-73,77-78H,3-13,15,17-19,21,23-62,64-66,68-71H2,1-2H3,(H,76,79)/b16-14-,22-20-,67-63+. The van der Waals surface area contributed by atoms with Crippen LogP contribution < -0.4 is 5.32 Å². The van der Waals surface area contributed by atoms with Crippen LogP contribution in [0.1, 0.15) is 406 Å². The predicted molar refractivity (Wildman–Crippen MR) is 356 cm³/mol. The molecule has 0 fully saturated rings. The highest BCUT2D eigenvalue weighted by atomic mass is 16.5. The highest BCUT2D eigenvalue weighted by molar-refractivity contribution is 5.76. The van der Waals surface area contributed by atoms with Gasteiger partial charge < -0.3 is 20.3 Å². The Morgan fingerprint density at radius 1 is 0.346 bits per heavy atom. The SMILES string of the molecule is CCCCCC/C=C\C/C=C\CCCCCCCCCC(=O)OCCCCCCCCCCCCCCCCCCCCCCCCCCCCC(=O)NC(CO)C(O)/C=C/CCCCCCCCCCCCCCCCCCCC. The number of esters is 1. The van der Waals surface area contributed by atoms with Crippen molar-refractivity contribution >= 4 is 11.9 Å². The molecule has 478 valence electrons. The largest absolute Gasteiger partial charge is 0.466 e. The van der Waals surface area contributed by atoms with E-state index in [0.29, 0.717) is 19.4 Å². The van der Waals surface area contributed by atoms with Crippen LogP contribution in [0.2, 0.25) is 0 Å². The lowest BCUT2D eigenvalue weighted by Gasteiger charge is -2.20. The maximum atomic E-state index is 12.5. The molecule has 6 nitrogen and oxygen atoms in total. The topological polar surface area (TPSA) is 95.9 Å². The summed E-state index contributed by atoms with van der Waals surface area (Å²) >= 11 is 0. The van der Waals surface area contributed by atoms with Gasteiger partial charge in [0.25, 0.3) is 0 Å². The smallest absolute Gasteiger partial charge is 0.305 e. The van der Waals surface area contributed by atoms with Gasteiger partial charge in [0.1, 0.15) is 0 Å². The number of carbonyl (C=O) groups is 2. The zero-order valence-electron chi connectivity index (χ0n) is 54.8. The fourth-order valence-electron chi connectivity index (χ4n) is 11.6. The van der Waals surface area contributed by atoms with Gasteiger partial charge in [0.2, 0.25) is 5.91 Å². The van der Waals surface area contributed by atoms with Gasteiger partial charge in [-0.05, 0) is 64.2 Å². The van der Waals surface area contributed by atoms with Crippen molar-refractivity contribution in [1.82, 2.24) is 5.32 Å². The molecule has 1 amide bonds. The molecule has 0 saturated heterocycles. The van der Waals surface area contributed by atoms with Crippen LogP contribution in [0.5, 0.6) is 0 Å². The summed E-state index contributed by atoms with van der Waals surface area (Å²) in [6.45, 7) is 4.92. The molecule has 6 heteroatoms. The Labute approximate surface area is 506 Å². The zero-order valence-corrected chi connectivity index (χ0v) is 54.8. The molecule has 81 heavy (non-hydrogen) atoms. The number of carbonyl (C=O) groups excluding carboxylic acids is 2. The molecule has 0 heterocycles. The van der Waals surface area contributed by atoms with Crippen LogP contribution >= 0.6 is 0 Å². The van der Waals surface area contributed by atoms with Gasteiger partial charge in [-0.15, -0.1) is 0 Å². The first-order chi connectivity index (χ1) is 40.0. The summed E-state index contributed by atoms with van der Waals surface area (Å²) in [4.78, 5) is 24.6. The number of unbranched alkanes of at least 4 members (excludes halogenated alkanes) is 54. The molecule has 0 bridgehead atoms. The minimum absolute atomic E-state index is 0.0102. The van der Waals surface area contributed by atoms with Crippen LogP contribution in [0, 0.1) is 0 Å². The minimum Gasteiger partial charge on any atom is -0.466 e. The highest BCUT2D eigenvalue weighted by Crippen LogP contribution is 2.19. The lowest BCUT2D eigenvalue weighted by atomic mass is 10.0. The Morgan fingerprint density at radius 3 is 0.951 bits per heavy atom. The zero-order chi connectivity index (χ0) is 58.5. The predicted octanol–water partition coefficient (Wildman–Crippen LogP) is 23.9. The molecule has 2 atom stereocenters. The number of allylic oxidation sites excluding steroid dienone is 5. The lowest BCUT2D eigenvalue weighted by molar-refractivity contribution is -0.143.